The summed E-state index contributed by atoms with van der Waals surface area (Å²) in [6.07, 6.45) is -0.298. The van der Waals surface area contributed by atoms with Crippen molar-refractivity contribution in [1.82, 2.24) is 9.55 Å². The molecule has 0 saturated carbocycles. The second kappa shape index (κ2) is 6.46. The first-order chi connectivity index (χ1) is 11.7. The van der Waals surface area contributed by atoms with Crippen molar-refractivity contribution in [2.75, 3.05) is 13.7 Å². The van der Waals surface area contributed by atoms with E-state index in [1.807, 2.05) is 6.92 Å². The molecule has 3 rings (SSSR count). The monoisotopic (exact) mass is 376 g/mol. The molecule has 3 heterocycles. The van der Waals surface area contributed by atoms with Gasteiger partial charge in [0.15, 0.2) is 6.23 Å². The second-order valence-corrected chi connectivity index (χ2v) is 7.68. The Bertz CT molecular complexity index is 820. The van der Waals surface area contributed by atoms with E-state index in [1.54, 1.807) is 6.92 Å². The van der Waals surface area contributed by atoms with Crippen LogP contribution in [0.4, 0.5) is 0 Å². The maximum Gasteiger partial charge on any atom is 0.472 e. The Morgan fingerprint density at radius 2 is 2.24 bits per heavy atom. The third-order valence-electron chi connectivity index (χ3n) is 4.78. The largest absolute Gasteiger partial charge is 0.472 e. The van der Waals surface area contributed by atoms with E-state index in [0.717, 1.165) is 7.11 Å². The average molecular weight is 376 g/mol. The molecule has 0 aromatic carbocycles. The van der Waals surface area contributed by atoms with Gasteiger partial charge in [-0.3, -0.25) is 23.4 Å². The van der Waals surface area contributed by atoms with Crippen molar-refractivity contribution in [3.05, 3.63) is 32.6 Å². The first-order valence-electron chi connectivity index (χ1n) is 7.91. The molecule has 5 atom stereocenters. The fourth-order valence-electron chi connectivity index (χ4n) is 3.36. The summed E-state index contributed by atoms with van der Waals surface area (Å²) in [6, 6.07) is 0. The van der Waals surface area contributed by atoms with Crippen LogP contribution >= 0.6 is 7.82 Å². The fraction of sp³-hybridized carbons (Fsp3) is 0.714. The van der Waals surface area contributed by atoms with Gasteiger partial charge in [-0.15, -0.1) is 0 Å². The molecule has 140 valence electrons. The molecule has 11 heteroatoms. The van der Waals surface area contributed by atoms with E-state index in [0.29, 0.717) is 25.0 Å². The number of nitrogens with zero attached hydrogens (tertiary/aromatic N) is 1. The molecule has 0 spiro atoms. The van der Waals surface area contributed by atoms with Gasteiger partial charge in [-0.1, -0.05) is 6.92 Å². The lowest BCUT2D eigenvalue weighted by Crippen LogP contribution is -2.49. The summed E-state index contributed by atoms with van der Waals surface area (Å²) in [6.45, 7) is 3.78. The number of rotatable bonds is 5. The molecule has 2 bridgehead atoms. The molecule has 1 aromatic heterocycles. The molecule has 0 aliphatic carbocycles. The van der Waals surface area contributed by atoms with E-state index in [1.165, 1.54) is 10.8 Å². The van der Waals surface area contributed by atoms with Crippen LogP contribution < -0.4 is 11.2 Å². The number of phosphoric acid groups is 1. The van der Waals surface area contributed by atoms with Gasteiger partial charge in [0.1, 0.15) is 17.8 Å². The lowest BCUT2D eigenvalue weighted by Gasteiger charge is -2.37. The zero-order chi connectivity index (χ0) is 18.4. The summed E-state index contributed by atoms with van der Waals surface area (Å²) >= 11 is 0. The summed E-state index contributed by atoms with van der Waals surface area (Å²) in [4.78, 5) is 35.7. The molecule has 2 aliphatic heterocycles. The number of ether oxygens (including phenoxy) is 2. The van der Waals surface area contributed by atoms with Gasteiger partial charge in [0, 0.05) is 25.3 Å². The van der Waals surface area contributed by atoms with Crippen molar-refractivity contribution in [2.45, 2.75) is 50.7 Å². The van der Waals surface area contributed by atoms with Gasteiger partial charge in [0.2, 0.25) is 0 Å². The number of fused-ring (bicyclic) bond motifs is 2. The third-order valence-corrected chi connectivity index (χ3v) is 5.74. The van der Waals surface area contributed by atoms with Gasteiger partial charge in [0.05, 0.1) is 6.61 Å². The lowest BCUT2D eigenvalue weighted by atomic mass is 9.87. The van der Waals surface area contributed by atoms with Crippen molar-refractivity contribution in [3.63, 3.8) is 0 Å². The van der Waals surface area contributed by atoms with E-state index in [4.69, 9.17) is 14.0 Å². The highest BCUT2D eigenvalue weighted by Gasteiger charge is 2.60. The Morgan fingerprint density at radius 3 is 2.88 bits per heavy atom. The molecular formula is C14H21N2O8P. The molecule has 1 aromatic rings. The number of H-pyrrole nitrogens is 1. The van der Waals surface area contributed by atoms with Gasteiger partial charge < -0.3 is 14.4 Å². The van der Waals surface area contributed by atoms with Gasteiger partial charge in [-0.05, 0) is 13.3 Å². The van der Waals surface area contributed by atoms with Crippen LogP contribution in [0.15, 0.2) is 15.8 Å². The Morgan fingerprint density at radius 1 is 1.52 bits per heavy atom. The van der Waals surface area contributed by atoms with E-state index in [9.17, 15) is 19.0 Å². The molecule has 2 fully saturated rings. The SMILES string of the molecule is CCC12CCO[C@H]([C@H](n3cc(C)c(=O)[nH]c3=O)O1)[C@H]2OP(=O)(O)OC. The average Bonchev–Trinajstić information content (AvgIpc) is 2.73. The fourth-order valence-corrected chi connectivity index (χ4v) is 4.04. The first-order valence-corrected chi connectivity index (χ1v) is 9.41. The van der Waals surface area contributed by atoms with Gasteiger partial charge in [0.25, 0.3) is 5.56 Å². The first kappa shape index (κ1) is 18.5. The third kappa shape index (κ3) is 3.14. The van der Waals surface area contributed by atoms with Crippen LogP contribution in [0.2, 0.25) is 0 Å². The molecule has 2 unspecified atom stereocenters. The van der Waals surface area contributed by atoms with Gasteiger partial charge in [-0.25, -0.2) is 9.36 Å². The van der Waals surface area contributed by atoms with Crippen LogP contribution in [0.1, 0.15) is 31.6 Å². The van der Waals surface area contributed by atoms with Gasteiger partial charge >= 0.3 is 13.5 Å². The van der Waals surface area contributed by atoms with E-state index < -0.39 is 43.1 Å². The molecular weight excluding hydrogens is 355 g/mol. The van der Waals surface area contributed by atoms with E-state index in [2.05, 4.69) is 9.51 Å². The summed E-state index contributed by atoms with van der Waals surface area (Å²) in [5, 5.41) is 0. The van der Waals surface area contributed by atoms with Crippen LogP contribution in [0, 0.1) is 6.92 Å². The highest BCUT2D eigenvalue weighted by molar-refractivity contribution is 7.47. The zero-order valence-corrected chi connectivity index (χ0v) is 15.0. The van der Waals surface area contributed by atoms with Crippen LogP contribution in [0.25, 0.3) is 0 Å². The number of aromatic amines is 1. The van der Waals surface area contributed by atoms with Crippen LogP contribution in [0.3, 0.4) is 0 Å². The Balaban J connectivity index is 2.04. The molecule has 25 heavy (non-hydrogen) atoms. The minimum absolute atomic E-state index is 0.331. The predicted molar refractivity (Wildman–Crippen MR) is 85.3 cm³/mol. The van der Waals surface area contributed by atoms with Crippen molar-refractivity contribution in [2.24, 2.45) is 0 Å². The summed E-state index contributed by atoms with van der Waals surface area (Å²) < 4.78 is 34.8. The van der Waals surface area contributed by atoms with Crippen LogP contribution in [0.5, 0.6) is 0 Å². The number of aromatic nitrogens is 2. The zero-order valence-electron chi connectivity index (χ0n) is 14.1. The minimum Gasteiger partial charge on any atom is -0.371 e. The Kier molecular flexibility index (Phi) is 4.78. The summed E-state index contributed by atoms with van der Waals surface area (Å²) in [5.41, 5.74) is -1.70. The Hall–Kier alpha value is -1.29. The van der Waals surface area contributed by atoms with Crippen LogP contribution in [-0.2, 0) is 23.1 Å². The quantitative estimate of drug-likeness (QED) is 0.709. The number of aryl methyl sites for hydroxylation is 1. The molecule has 2 aliphatic rings. The molecule has 2 saturated heterocycles. The normalized spacial score (nSPS) is 34.0. The molecule has 0 radical (unpaired) electrons. The maximum atomic E-state index is 12.2. The number of phosphoric ester groups is 1. The lowest BCUT2D eigenvalue weighted by molar-refractivity contribution is -0.120. The molecule has 2 N–H and O–H groups in total. The number of nitrogens with one attached hydrogen (secondary N) is 1. The van der Waals surface area contributed by atoms with Crippen molar-refractivity contribution in [3.8, 4) is 0 Å². The molecule has 10 nitrogen and oxygen atoms in total. The molecule has 0 amide bonds. The highest BCUT2D eigenvalue weighted by atomic mass is 31.2. The second-order valence-electron chi connectivity index (χ2n) is 6.17. The number of hydrogen-bond acceptors (Lipinski definition) is 7. The van der Waals surface area contributed by atoms with E-state index in [-0.39, 0.29) is 0 Å². The van der Waals surface area contributed by atoms with Crippen molar-refractivity contribution in [1.29, 1.82) is 0 Å². The van der Waals surface area contributed by atoms with E-state index >= 15 is 0 Å². The topological polar surface area (TPSA) is 129 Å². The minimum atomic E-state index is -4.28. The summed E-state index contributed by atoms with van der Waals surface area (Å²) in [7, 11) is -3.22. The standard InChI is InChI=1S/C14H21N2O8P/c1-4-14-5-6-22-9(10(14)24-25(19,20)21-3)12(23-14)16-7-8(2)11(17)15-13(16)18/h7,9-10,12H,4-6H2,1-3H3,(H,19,20)(H,15,17,18)/t9-,10+,12+,14?/m0/s1. The highest BCUT2D eigenvalue weighted by Crippen LogP contribution is 2.54. The Labute approximate surface area is 143 Å². The van der Waals surface area contributed by atoms with Crippen molar-refractivity contribution >= 4 is 7.82 Å². The smallest absolute Gasteiger partial charge is 0.371 e. The number of hydrogen-bond donors (Lipinski definition) is 2. The van der Waals surface area contributed by atoms with Crippen LogP contribution in [-0.4, -0.2) is 46.0 Å². The summed E-state index contributed by atoms with van der Waals surface area (Å²) in [5.74, 6) is 0. The maximum absolute atomic E-state index is 12.2. The van der Waals surface area contributed by atoms with Crippen molar-refractivity contribution < 1.29 is 28.0 Å². The van der Waals surface area contributed by atoms with Gasteiger partial charge in [-0.2, -0.15) is 0 Å². The predicted octanol–water partition coefficient (Wildman–Crippen LogP) is 0.444.